The van der Waals surface area contributed by atoms with E-state index in [0.29, 0.717) is 19.8 Å². The van der Waals surface area contributed by atoms with E-state index < -0.39 is 0 Å². The third-order valence-corrected chi connectivity index (χ3v) is 4.60. The second-order valence-corrected chi connectivity index (χ2v) is 6.21. The number of fused-ring (bicyclic) bond motifs is 1. The Morgan fingerprint density at radius 3 is 2.91 bits per heavy atom. The summed E-state index contributed by atoms with van der Waals surface area (Å²) in [6.45, 7) is 8.24. The molecule has 0 radical (unpaired) electrons. The van der Waals surface area contributed by atoms with E-state index in [1.807, 2.05) is 0 Å². The molecule has 1 aromatic carbocycles. The van der Waals surface area contributed by atoms with Gasteiger partial charge in [0.25, 0.3) is 0 Å². The van der Waals surface area contributed by atoms with Crippen LogP contribution in [0.5, 0.6) is 0 Å². The molecule has 0 spiro atoms. The van der Waals surface area contributed by atoms with Gasteiger partial charge in [-0.2, -0.15) is 0 Å². The number of amides is 1. The number of rotatable bonds is 4. The first-order valence-electron chi connectivity index (χ1n) is 8.06. The van der Waals surface area contributed by atoms with Gasteiger partial charge in [0.1, 0.15) is 0 Å². The number of carbonyl (C=O) groups is 1. The van der Waals surface area contributed by atoms with Crippen molar-refractivity contribution >= 4 is 16.8 Å². The lowest BCUT2D eigenvalue weighted by molar-refractivity contribution is -0.125. The van der Waals surface area contributed by atoms with Crippen LogP contribution < -0.4 is 5.32 Å². The maximum atomic E-state index is 12.2. The first-order valence-corrected chi connectivity index (χ1v) is 8.06. The molecule has 118 valence electrons. The Morgan fingerprint density at radius 2 is 2.23 bits per heavy atom. The molecular formula is C18H24N2O2. The minimum absolute atomic E-state index is 0.0110. The highest BCUT2D eigenvalue weighted by Gasteiger charge is 2.23. The monoisotopic (exact) mass is 300 g/mol. The average molecular weight is 300 g/mol. The molecule has 22 heavy (non-hydrogen) atoms. The maximum Gasteiger partial charge on any atom is 0.225 e. The van der Waals surface area contributed by atoms with E-state index in [-0.39, 0.29) is 11.8 Å². The smallest absolute Gasteiger partial charge is 0.225 e. The van der Waals surface area contributed by atoms with Crippen molar-refractivity contribution in [3.8, 4) is 0 Å². The first-order chi connectivity index (χ1) is 10.6. The van der Waals surface area contributed by atoms with Gasteiger partial charge < -0.3 is 15.0 Å². The van der Waals surface area contributed by atoms with E-state index in [1.54, 1.807) is 0 Å². The summed E-state index contributed by atoms with van der Waals surface area (Å²) >= 11 is 0. The Labute approximate surface area is 131 Å². The molecule has 4 heteroatoms. The quantitative estimate of drug-likeness (QED) is 0.912. The van der Waals surface area contributed by atoms with E-state index in [2.05, 4.69) is 43.2 Å². The number of ether oxygens (including phenoxy) is 1. The molecule has 1 aliphatic rings. The van der Waals surface area contributed by atoms with Crippen LogP contribution in [0.2, 0.25) is 0 Å². The number of H-pyrrole nitrogens is 1. The highest BCUT2D eigenvalue weighted by molar-refractivity contribution is 5.88. The summed E-state index contributed by atoms with van der Waals surface area (Å²) in [7, 11) is 0. The standard InChI is InChI=1S/C18H24N2O2/c1-4-16-12(3)15-8-11(2)7-14(17(15)20-16)9-19-18(21)13-5-6-22-10-13/h7-8,13,20H,4-6,9-10H2,1-3H3,(H,19,21). The van der Waals surface area contributed by atoms with Crippen molar-refractivity contribution in [2.75, 3.05) is 13.2 Å². The van der Waals surface area contributed by atoms with Crippen LogP contribution >= 0.6 is 0 Å². The minimum Gasteiger partial charge on any atom is -0.381 e. The van der Waals surface area contributed by atoms with Crippen molar-refractivity contribution in [2.24, 2.45) is 5.92 Å². The Kier molecular flexibility index (Phi) is 4.21. The van der Waals surface area contributed by atoms with Crippen LogP contribution in [-0.2, 0) is 22.5 Å². The summed E-state index contributed by atoms with van der Waals surface area (Å²) in [4.78, 5) is 15.7. The van der Waals surface area contributed by atoms with Gasteiger partial charge >= 0.3 is 0 Å². The third-order valence-electron chi connectivity index (χ3n) is 4.60. The summed E-state index contributed by atoms with van der Waals surface area (Å²) in [5.74, 6) is 0.114. The van der Waals surface area contributed by atoms with Gasteiger partial charge in [-0.15, -0.1) is 0 Å². The summed E-state index contributed by atoms with van der Waals surface area (Å²) < 4.78 is 5.29. The topological polar surface area (TPSA) is 54.1 Å². The number of hydrogen-bond acceptors (Lipinski definition) is 2. The van der Waals surface area contributed by atoms with Crippen LogP contribution in [0.3, 0.4) is 0 Å². The number of benzene rings is 1. The minimum atomic E-state index is 0.0110. The van der Waals surface area contributed by atoms with Crippen molar-refractivity contribution in [2.45, 2.75) is 40.2 Å². The Bertz CT molecular complexity index is 697. The number of nitrogens with one attached hydrogen (secondary N) is 2. The zero-order valence-electron chi connectivity index (χ0n) is 13.6. The first kappa shape index (κ1) is 15.1. The van der Waals surface area contributed by atoms with Crippen molar-refractivity contribution in [1.82, 2.24) is 10.3 Å². The van der Waals surface area contributed by atoms with E-state index >= 15 is 0 Å². The molecule has 1 aliphatic heterocycles. The average Bonchev–Trinajstić information content (AvgIpc) is 3.13. The Balaban J connectivity index is 1.85. The fourth-order valence-corrected chi connectivity index (χ4v) is 3.27. The van der Waals surface area contributed by atoms with E-state index in [0.717, 1.165) is 23.9 Å². The van der Waals surface area contributed by atoms with E-state index in [9.17, 15) is 4.79 Å². The molecule has 0 bridgehead atoms. The molecule has 1 atom stereocenters. The van der Waals surface area contributed by atoms with Gasteiger partial charge in [0.15, 0.2) is 0 Å². The summed E-state index contributed by atoms with van der Waals surface area (Å²) in [5.41, 5.74) is 6.13. The normalized spacial score (nSPS) is 18.0. The largest absolute Gasteiger partial charge is 0.381 e. The zero-order valence-corrected chi connectivity index (χ0v) is 13.6. The molecule has 2 N–H and O–H groups in total. The van der Waals surface area contributed by atoms with Crippen LogP contribution in [0.4, 0.5) is 0 Å². The summed E-state index contributed by atoms with van der Waals surface area (Å²) in [6, 6.07) is 4.37. The Hall–Kier alpha value is -1.81. The van der Waals surface area contributed by atoms with E-state index in [1.165, 1.54) is 22.2 Å². The van der Waals surface area contributed by atoms with Crippen LogP contribution in [0.15, 0.2) is 12.1 Å². The molecule has 2 aromatic rings. The Morgan fingerprint density at radius 1 is 1.41 bits per heavy atom. The molecule has 0 saturated carbocycles. The van der Waals surface area contributed by atoms with Crippen molar-refractivity contribution in [3.63, 3.8) is 0 Å². The molecule has 4 nitrogen and oxygen atoms in total. The molecular weight excluding hydrogens is 276 g/mol. The van der Waals surface area contributed by atoms with Crippen LogP contribution in [-0.4, -0.2) is 24.1 Å². The van der Waals surface area contributed by atoms with Crippen LogP contribution in [0, 0.1) is 19.8 Å². The van der Waals surface area contributed by atoms with Crippen LogP contribution in [0.1, 0.15) is 35.7 Å². The number of aryl methyl sites for hydroxylation is 3. The number of aromatic amines is 1. The second kappa shape index (κ2) is 6.13. The van der Waals surface area contributed by atoms with Gasteiger partial charge in [-0.05, 0) is 43.9 Å². The molecule has 0 aliphatic carbocycles. The highest BCUT2D eigenvalue weighted by atomic mass is 16.5. The van der Waals surface area contributed by atoms with Crippen molar-refractivity contribution < 1.29 is 9.53 Å². The van der Waals surface area contributed by atoms with Crippen molar-refractivity contribution in [3.05, 3.63) is 34.5 Å². The number of carbonyl (C=O) groups excluding carboxylic acids is 1. The molecule has 1 saturated heterocycles. The zero-order chi connectivity index (χ0) is 15.7. The van der Waals surface area contributed by atoms with E-state index in [4.69, 9.17) is 4.74 Å². The lowest BCUT2D eigenvalue weighted by Gasteiger charge is -2.11. The molecule has 1 aromatic heterocycles. The fourth-order valence-electron chi connectivity index (χ4n) is 3.27. The van der Waals surface area contributed by atoms with Gasteiger partial charge in [-0.25, -0.2) is 0 Å². The summed E-state index contributed by atoms with van der Waals surface area (Å²) in [6.07, 6.45) is 1.82. The molecule has 1 amide bonds. The van der Waals surface area contributed by atoms with Gasteiger partial charge in [0.2, 0.25) is 5.91 Å². The van der Waals surface area contributed by atoms with Gasteiger partial charge in [-0.3, -0.25) is 4.79 Å². The van der Waals surface area contributed by atoms with Gasteiger partial charge in [0.05, 0.1) is 18.0 Å². The molecule has 2 heterocycles. The molecule has 1 unspecified atom stereocenters. The fraction of sp³-hybridized carbons (Fsp3) is 0.500. The summed E-state index contributed by atoms with van der Waals surface area (Å²) in [5, 5.41) is 4.34. The lowest BCUT2D eigenvalue weighted by atomic mass is 10.0. The highest BCUT2D eigenvalue weighted by Crippen LogP contribution is 2.27. The molecule has 1 fully saturated rings. The maximum absolute atomic E-state index is 12.2. The third kappa shape index (κ3) is 2.75. The second-order valence-electron chi connectivity index (χ2n) is 6.21. The van der Waals surface area contributed by atoms with Crippen LogP contribution in [0.25, 0.3) is 10.9 Å². The van der Waals surface area contributed by atoms with Crippen molar-refractivity contribution in [1.29, 1.82) is 0 Å². The molecule has 3 rings (SSSR count). The number of hydrogen-bond donors (Lipinski definition) is 2. The predicted molar refractivity (Wildman–Crippen MR) is 87.9 cm³/mol. The SMILES string of the molecule is CCc1[nH]c2c(CNC(=O)C3CCOC3)cc(C)cc2c1C. The number of aromatic nitrogens is 1. The lowest BCUT2D eigenvalue weighted by Crippen LogP contribution is -2.30. The predicted octanol–water partition coefficient (Wildman–Crippen LogP) is 3.00. The van der Waals surface area contributed by atoms with Gasteiger partial charge in [0, 0.05) is 24.2 Å². The van der Waals surface area contributed by atoms with Gasteiger partial charge in [-0.1, -0.05) is 18.6 Å².